The minimum absolute atomic E-state index is 0.0576. The fourth-order valence-corrected chi connectivity index (χ4v) is 1.64. The first-order chi connectivity index (χ1) is 8.36. The number of ether oxygens (including phenoxy) is 2. The van der Waals surface area contributed by atoms with Crippen LogP contribution in [0.4, 0.5) is 13.2 Å². The van der Waals surface area contributed by atoms with Crippen molar-refractivity contribution >= 4 is 0 Å². The molecule has 3 N–H and O–H groups in total. The maximum Gasteiger partial charge on any atom is 0.420 e. The molecule has 1 aromatic rings. The molecule has 0 amide bonds. The molecule has 18 heavy (non-hydrogen) atoms. The van der Waals surface area contributed by atoms with Gasteiger partial charge in [0.25, 0.3) is 0 Å². The second-order valence-corrected chi connectivity index (χ2v) is 3.51. The van der Waals surface area contributed by atoms with Crippen LogP contribution < -0.4 is 15.2 Å². The van der Waals surface area contributed by atoms with Crippen LogP contribution in [0.25, 0.3) is 0 Å². The van der Waals surface area contributed by atoms with E-state index in [1.54, 1.807) is 0 Å². The number of methoxy groups -OCH3 is 2. The van der Waals surface area contributed by atoms with Crippen LogP contribution >= 0.6 is 0 Å². The third-order valence-corrected chi connectivity index (χ3v) is 2.44. The molecule has 1 rings (SSSR count). The van der Waals surface area contributed by atoms with Gasteiger partial charge in [-0.25, -0.2) is 0 Å². The predicted octanol–water partition coefficient (Wildman–Crippen LogP) is 1.71. The van der Waals surface area contributed by atoms with Gasteiger partial charge in [0.2, 0.25) is 0 Å². The van der Waals surface area contributed by atoms with Crippen molar-refractivity contribution in [3.05, 3.63) is 23.3 Å². The molecule has 0 aliphatic heterocycles. The number of halogens is 3. The lowest BCUT2D eigenvalue weighted by atomic mass is 10.00. The van der Waals surface area contributed by atoms with Crippen LogP contribution in [-0.2, 0) is 6.18 Å². The van der Waals surface area contributed by atoms with Crippen molar-refractivity contribution in [1.29, 1.82) is 0 Å². The van der Waals surface area contributed by atoms with Crippen molar-refractivity contribution in [2.45, 2.75) is 12.3 Å². The number of nitrogens with two attached hydrogens (primary N) is 1. The topological polar surface area (TPSA) is 64.7 Å². The van der Waals surface area contributed by atoms with Gasteiger partial charge in [0.1, 0.15) is 5.56 Å². The number of aliphatic hydroxyl groups is 1. The third-order valence-electron chi connectivity index (χ3n) is 2.44. The molecule has 0 saturated heterocycles. The minimum atomic E-state index is -4.68. The van der Waals surface area contributed by atoms with E-state index < -0.39 is 23.6 Å². The van der Waals surface area contributed by atoms with E-state index in [1.165, 1.54) is 13.2 Å². The van der Waals surface area contributed by atoms with E-state index in [2.05, 4.69) is 0 Å². The lowest BCUT2D eigenvalue weighted by molar-refractivity contribution is -0.140. The van der Waals surface area contributed by atoms with Gasteiger partial charge in [0.15, 0.2) is 11.5 Å². The molecule has 0 radical (unpaired) electrons. The number of rotatable bonds is 4. The van der Waals surface area contributed by atoms with Crippen LogP contribution in [-0.4, -0.2) is 25.9 Å². The van der Waals surface area contributed by atoms with Crippen LogP contribution in [0.5, 0.6) is 11.5 Å². The van der Waals surface area contributed by atoms with Gasteiger partial charge in [0, 0.05) is 6.54 Å². The summed E-state index contributed by atoms with van der Waals surface area (Å²) in [5.74, 6) is -0.521. The summed E-state index contributed by atoms with van der Waals surface area (Å²) in [4.78, 5) is 0. The normalized spacial score (nSPS) is 13.3. The zero-order valence-electron chi connectivity index (χ0n) is 9.91. The Hall–Kier alpha value is -1.47. The van der Waals surface area contributed by atoms with Crippen LogP contribution in [0.2, 0.25) is 0 Å². The second-order valence-electron chi connectivity index (χ2n) is 3.51. The van der Waals surface area contributed by atoms with E-state index in [-0.39, 0.29) is 17.9 Å². The number of hydrogen-bond acceptors (Lipinski definition) is 4. The summed E-state index contributed by atoms with van der Waals surface area (Å²) in [5.41, 5.74) is 3.79. The number of alkyl halides is 3. The summed E-state index contributed by atoms with van der Waals surface area (Å²) in [6.45, 7) is -0.321. The monoisotopic (exact) mass is 265 g/mol. The molecule has 1 atom stereocenters. The lowest BCUT2D eigenvalue weighted by Crippen LogP contribution is -2.19. The fourth-order valence-electron chi connectivity index (χ4n) is 1.64. The van der Waals surface area contributed by atoms with Crippen molar-refractivity contribution < 1.29 is 27.8 Å². The van der Waals surface area contributed by atoms with Gasteiger partial charge < -0.3 is 20.3 Å². The van der Waals surface area contributed by atoms with Crippen molar-refractivity contribution in [2.75, 3.05) is 20.8 Å². The Kier molecular flexibility index (Phi) is 4.42. The van der Waals surface area contributed by atoms with Gasteiger partial charge in [-0.2, -0.15) is 13.2 Å². The van der Waals surface area contributed by atoms with Crippen LogP contribution in [0.3, 0.4) is 0 Å². The average Bonchev–Trinajstić information content (AvgIpc) is 2.34. The highest BCUT2D eigenvalue weighted by molar-refractivity contribution is 5.53. The molecular formula is C11H14F3NO3. The highest BCUT2D eigenvalue weighted by Gasteiger charge is 2.39. The first-order valence-corrected chi connectivity index (χ1v) is 5.07. The van der Waals surface area contributed by atoms with Gasteiger partial charge in [0.05, 0.1) is 20.3 Å². The van der Waals surface area contributed by atoms with Crippen LogP contribution in [0, 0.1) is 0 Å². The van der Waals surface area contributed by atoms with Crippen molar-refractivity contribution in [3.63, 3.8) is 0 Å². The molecule has 0 aromatic heterocycles. The molecule has 1 aromatic carbocycles. The molecule has 0 fully saturated rings. The summed E-state index contributed by atoms with van der Waals surface area (Å²) in [6.07, 6.45) is -6.09. The molecule has 0 unspecified atom stereocenters. The Morgan fingerprint density at radius 3 is 2.28 bits per heavy atom. The standard InChI is InChI=1S/C11H14F3NO3/c1-17-8-4-3-6(7(16)5-15)9(10(8)18-2)11(12,13)14/h3-4,7,16H,5,15H2,1-2H3/t7-/m1/s1. The molecule has 0 bridgehead atoms. The molecular weight excluding hydrogens is 251 g/mol. The quantitative estimate of drug-likeness (QED) is 0.870. The Balaban J connectivity index is 3.55. The highest BCUT2D eigenvalue weighted by Crippen LogP contribution is 2.45. The number of hydrogen-bond donors (Lipinski definition) is 2. The molecule has 0 aliphatic carbocycles. The van der Waals surface area contributed by atoms with E-state index in [0.29, 0.717) is 0 Å². The van der Waals surface area contributed by atoms with E-state index in [1.807, 2.05) is 0 Å². The Morgan fingerprint density at radius 2 is 1.89 bits per heavy atom. The first-order valence-electron chi connectivity index (χ1n) is 5.07. The van der Waals surface area contributed by atoms with Crippen molar-refractivity contribution in [1.82, 2.24) is 0 Å². The largest absolute Gasteiger partial charge is 0.493 e. The van der Waals surface area contributed by atoms with E-state index >= 15 is 0 Å². The fraction of sp³-hybridized carbons (Fsp3) is 0.455. The Labute approximate surface area is 102 Å². The summed E-state index contributed by atoms with van der Waals surface area (Å²) in [6, 6.07) is 2.42. The van der Waals surface area contributed by atoms with Gasteiger partial charge in [-0.15, -0.1) is 0 Å². The summed E-state index contributed by atoms with van der Waals surface area (Å²) < 4.78 is 48.6. The maximum atomic E-state index is 13.0. The minimum Gasteiger partial charge on any atom is -0.493 e. The summed E-state index contributed by atoms with van der Waals surface area (Å²) in [5, 5.41) is 9.54. The lowest BCUT2D eigenvalue weighted by Gasteiger charge is -2.21. The maximum absolute atomic E-state index is 13.0. The number of benzene rings is 1. The van der Waals surface area contributed by atoms with Gasteiger partial charge in [-0.1, -0.05) is 6.07 Å². The molecule has 0 spiro atoms. The smallest absolute Gasteiger partial charge is 0.420 e. The number of aliphatic hydroxyl groups excluding tert-OH is 1. The van der Waals surface area contributed by atoms with Gasteiger partial charge in [-0.05, 0) is 11.6 Å². The second kappa shape index (κ2) is 5.45. The van der Waals surface area contributed by atoms with Crippen LogP contribution in [0.1, 0.15) is 17.2 Å². The Bertz CT molecular complexity index is 421. The van der Waals surface area contributed by atoms with Crippen molar-refractivity contribution in [2.24, 2.45) is 5.73 Å². The Morgan fingerprint density at radius 1 is 1.28 bits per heavy atom. The molecule has 102 valence electrons. The zero-order chi connectivity index (χ0) is 13.9. The van der Waals surface area contributed by atoms with Gasteiger partial charge >= 0.3 is 6.18 Å². The molecule has 7 heteroatoms. The van der Waals surface area contributed by atoms with Gasteiger partial charge in [-0.3, -0.25) is 0 Å². The van der Waals surface area contributed by atoms with Crippen LogP contribution in [0.15, 0.2) is 12.1 Å². The highest BCUT2D eigenvalue weighted by atomic mass is 19.4. The zero-order valence-corrected chi connectivity index (χ0v) is 9.91. The third kappa shape index (κ3) is 2.68. The molecule has 0 saturated carbocycles. The van der Waals surface area contributed by atoms with E-state index in [0.717, 1.165) is 13.2 Å². The van der Waals surface area contributed by atoms with E-state index in [4.69, 9.17) is 15.2 Å². The average molecular weight is 265 g/mol. The first kappa shape index (κ1) is 14.6. The molecule has 4 nitrogen and oxygen atoms in total. The SMILES string of the molecule is COc1ccc([C@H](O)CN)c(C(F)(F)F)c1OC. The summed E-state index contributed by atoms with van der Waals surface area (Å²) >= 11 is 0. The van der Waals surface area contributed by atoms with Crippen molar-refractivity contribution in [3.8, 4) is 11.5 Å². The molecule has 0 heterocycles. The predicted molar refractivity (Wildman–Crippen MR) is 58.6 cm³/mol. The summed E-state index contributed by atoms with van der Waals surface area (Å²) in [7, 11) is 2.34. The molecule has 0 aliphatic rings. The van der Waals surface area contributed by atoms with E-state index in [9.17, 15) is 18.3 Å².